The maximum Gasteiger partial charge on any atom is 0.317 e. The fourth-order valence-corrected chi connectivity index (χ4v) is 3.10. The standard InChI is InChI=1S/C15H28N2O3/c1-4-12(5-2)16-14(20)17(3)15(11-13(18)19)9-7-6-8-10-15/h12H,4-11H2,1-3H3,(H,16,20)(H,18,19). The van der Waals surface area contributed by atoms with Gasteiger partial charge >= 0.3 is 12.0 Å². The van der Waals surface area contributed by atoms with Crippen molar-refractivity contribution in [2.24, 2.45) is 0 Å². The number of urea groups is 1. The summed E-state index contributed by atoms with van der Waals surface area (Å²) in [7, 11) is 1.74. The van der Waals surface area contributed by atoms with Gasteiger partial charge in [-0.05, 0) is 25.7 Å². The molecule has 0 aromatic heterocycles. The van der Waals surface area contributed by atoms with Gasteiger partial charge in [0.15, 0.2) is 0 Å². The molecule has 1 aliphatic carbocycles. The molecule has 1 aliphatic rings. The van der Waals surface area contributed by atoms with Crippen LogP contribution in [-0.2, 0) is 4.79 Å². The number of carboxylic acids is 1. The van der Waals surface area contributed by atoms with Gasteiger partial charge in [0, 0.05) is 13.1 Å². The predicted octanol–water partition coefficient (Wildman–Crippen LogP) is 2.99. The van der Waals surface area contributed by atoms with Gasteiger partial charge in [-0.3, -0.25) is 4.79 Å². The van der Waals surface area contributed by atoms with Crippen LogP contribution in [0.1, 0.15) is 65.2 Å². The highest BCUT2D eigenvalue weighted by Crippen LogP contribution is 2.36. The number of aliphatic carboxylic acids is 1. The molecule has 116 valence electrons. The molecule has 1 saturated carbocycles. The first-order valence-corrected chi connectivity index (χ1v) is 7.71. The maximum absolute atomic E-state index is 12.4. The van der Waals surface area contributed by atoms with E-state index in [-0.39, 0.29) is 18.5 Å². The molecular weight excluding hydrogens is 256 g/mol. The van der Waals surface area contributed by atoms with E-state index in [9.17, 15) is 14.7 Å². The minimum Gasteiger partial charge on any atom is -0.481 e. The molecule has 0 saturated heterocycles. The van der Waals surface area contributed by atoms with Crippen LogP contribution in [0.5, 0.6) is 0 Å². The van der Waals surface area contributed by atoms with Gasteiger partial charge in [-0.1, -0.05) is 33.1 Å². The zero-order valence-corrected chi connectivity index (χ0v) is 12.9. The number of hydrogen-bond acceptors (Lipinski definition) is 2. The number of rotatable bonds is 6. The van der Waals surface area contributed by atoms with E-state index in [0.29, 0.717) is 0 Å². The minimum absolute atomic E-state index is 0.0415. The largest absolute Gasteiger partial charge is 0.481 e. The van der Waals surface area contributed by atoms with Crippen molar-refractivity contribution in [3.8, 4) is 0 Å². The van der Waals surface area contributed by atoms with E-state index < -0.39 is 11.5 Å². The fraction of sp³-hybridized carbons (Fsp3) is 0.867. The van der Waals surface area contributed by atoms with Gasteiger partial charge in [0.05, 0.1) is 12.0 Å². The average Bonchev–Trinajstić information content (AvgIpc) is 2.43. The van der Waals surface area contributed by atoms with Gasteiger partial charge in [0.2, 0.25) is 0 Å². The molecule has 0 bridgehead atoms. The van der Waals surface area contributed by atoms with Crippen LogP contribution < -0.4 is 5.32 Å². The summed E-state index contributed by atoms with van der Waals surface area (Å²) in [4.78, 5) is 25.2. The molecule has 5 nitrogen and oxygen atoms in total. The lowest BCUT2D eigenvalue weighted by molar-refractivity contribution is -0.140. The topological polar surface area (TPSA) is 69.6 Å². The molecular formula is C15H28N2O3. The summed E-state index contributed by atoms with van der Waals surface area (Å²) < 4.78 is 0. The van der Waals surface area contributed by atoms with Gasteiger partial charge in [0.1, 0.15) is 0 Å². The number of amides is 2. The van der Waals surface area contributed by atoms with Crippen molar-refractivity contribution in [3.63, 3.8) is 0 Å². The lowest BCUT2D eigenvalue weighted by atomic mass is 9.78. The van der Waals surface area contributed by atoms with Crippen LogP contribution in [0, 0.1) is 0 Å². The molecule has 2 amide bonds. The molecule has 0 aromatic rings. The molecule has 0 aliphatic heterocycles. The number of carboxylic acid groups (broad SMARTS) is 1. The quantitative estimate of drug-likeness (QED) is 0.787. The van der Waals surface area contributed by atoms with E-state index in [0.717, 1.165) is 44.9 Å². The molecule has 1 fully saturated rings. The lowest BCUT2D eigenvalue weighted by Gasteiger charge is -2.44. The second-order valence-electron chi connectivity index (χ2n) is 5.88. The number of nitrogens with zero attached hydrogens (tertiary/aromatic N) is 1. The highest BCUT2D eigenvalue weighted by molar-refractivity contribution is 5.77. The highest BCUT2D eigenvalue weighted by Gasteiger charge is 2.40. The van der Waals surface area contributed by atoms with E-state index in [1.54, 1.807) is 11.9 Å². The normalized spacial score (nSPS) is 17.8. The minimum atomic E-state index is -0.825. The van der Waals surface area contributed by atoms with E-state index in [1.165, 1.54) is 0 Å². The van der Waals surface area contributed by atoms with Crippen molar-refractivity contribution >= 4 is 12.0 Å². The van der Waals surface area contributed by atoms with Crippen molar-refractivity contribution in [1.29, 1.82) is 0 Å². The third kappa shape index (κ3) is 4.12. The molecule has 5 heteroatoms. The average molecular weight is 284 g/mol. The molecule has 20 heavy (non-hydrogen) atoms. The molecule has 1 rings (SSSR count). The zero-order chi connectivity index (χ0) is 15.2. The summed E-state index contributed by atoms with van der Waals surface area (Å²) in [5, 5.41) is 12.2. The van der Waals surface area contributed by atoms with Crippen molar-refractivity contribution < 1.29 is 14.7 Å². The Labute approximate surface area is 121 Å². The molecule has 0 radical (unpaired) electrons. The van der Waals surface area contributed by atoms with Crippen molar-refractivity contribution in [2.45, 2.75) is 76.8 Å². The summed E-state index contributed by atoms with van der Waals surface area (Å²) in [5.74, 6) is -0.825. The van der Waals surface area contributed by atoms with Gasteiger partial charge in [-0.25, -0.2) is 4.79 Å². The third-order valence-corrected chi connectivity index (χ3v) is 4.59. The number of nitrogens with one attached hydrogen (secondary N) is 1. The van der Waals surface area contributed by atoms with Gasteiger partial charge < -0.3 is 15.3 Å². The van der Waals surface area contributed by atoms with E-state index in [2.05, 4.69) is 5.32 Å². The van der Waals surface area contributed by atoms with Crippen LogP contribution in [0.2, 0.25) is 0 Å². The van der Waals surface area contributed by atoms with Crippen LogP contribution in [0.3, 0.4) is 0 Å². The SMILES string of the molecule is CCC(CC)NC(=O)N(C)C1(CC(=O)O)CCCCC1. The number of carbonyl (C=O) groups is 2. The van der Waals surface area contributed by atoms with Crippen LogP contribution in [0.25, 0.3) is 0 Å². The summed E-state index contributed by atoms with van der Waals surface area (Å²) in [6.07, 6.45) is 6.51. The summed E-state index contributed by atoms with van der Waals surface area (Å²) in [6, 6.07) is 0.0252. The molecule has 0 aromatic carbocycles. The highest BCUT2D eigenvalue weighted by atomic mass is 16.4. The van der Waals surface area contributed by atoms with E-state index in [4.69, 9.17) is 0 Å². The molecule has 0 unspecified atom stereocenters. The summed E-state index contributed by atoms with van der Waals surface area (Å²) in [6.45, 7) is 4.09. The van der Waals surface area contributed by atoms with Gasteiger partial charge in [-0.15, -0.1) is 0 Å². The molecule has 0 heterocycles. The van der Waals surface area contributed by atoms with Crippen LogP contribution in [-0.4, -0.2) is 40.6 Å². The van der Waals surface area contributed by atoms with E-state index in [1.807, 2.05) is 13.8 Å². The van der Waals surface area contributed by atoms with Crippen LogP contribution in [0.15, 0.2) is 0 Å². The molecule has 0 spiro atoms. The second kappa shape index (κ2) is 7.50. The first-order valence-electron chi connectivity index (χ1n) is 7.71. The second-order valence-corrected chi connectivity index (χ2v) is 5.88. The summed E-state index contributed by atoms with van der Waals surface area (Å²) in [5.41, 5.74) is -0.514. The van der Waals surface area contributed by atoms with Gasteiger partial charge in [0.25, 0.3) is 0 Å². The first kappa shape index (κ1) is 16.8. The Hall–Kier alpha value is -1.26. The van der Waals surface area contributed by atoms with Crippen molar-refractivity contribution in [1.82, 2.24) is 10.2 Å². The Morgan fingerprint density at radius 1 is 1.20 bits per heavy atom. The number of hydrogen-bond donors (Lipinski definition) is 2. The van der Waals surface area contributed by atoms with Crippen LogP contribution in [0.4, 0.5) is 4.79 Å². The Bertz CT molecular complexity index is 334. The monoisotopic (exact) mass is 284 g/mol. The Balaban J connectivity index is 2.79. The molecule has 0 atom stereocenters. The van der Waals surface area contributed by atoms with Gasteiger partial charge in [-0.2, -0.15) is 0 Å². The third-order valence-electron chi connectivity index (χ3n) is 4.59. The zero-order valence-electron chi connectivity index (χ0n) is 12.9. The lowest BCUT2D eigenvalue weighted by Crippen LogP contribution is -2.56. The fourth-order valence-electron chi connectivity index (χ4n) is 3.10. The predicted molar refractivity (Wildman–Crippen MR) is 78.7 cm³/mol. The molecule has 2 N–H and O–H groups in total. The Kier molecular flexibility index (Phi) is 6.30. The smallest absolute Gasteiger partial charge is 0.317 e. The Morgan fingerprint density at radius 3 is 2.20 bits per heavy atom. The number of carbonyl (C=O) groups excluding carboxylic acids is 1. The van der Waals surface area contributed by atoms with Crippen molar-refractivity contribution in [2.75, 3.05) is 7.05 Å². The van der Waals surface area contributed by atoms with E-state index >= 15 is 0 Å². The maximum atomic E-state index is 12.4. The first-order chi connectivity index (χ1) is 9.45. The Morgan fingerprint density at radius 2 is 1.75 bits per heavy atom. The van der Waals surface area contributed by atoms with Crippen molar-refractivity contribution in [3.05, 3.63) is 0 Å². The summed E-state index contributed by atoms with van der Waals surface area (Å²) >= 11 is 0. The van der Waals surface area contributed by atoms with Crippen LogP contribution >= 0.6 is 0 Å².